The minimum Gasteiger partial charge on any atom is -0.481 e. The van der Waals surface area contributed by atoms with E-state index in [-0.39, 0.29) is 40.4 Å². The first-order valence-electron chi connectivity index (χ1n) is 9.00. The predicted molar refractivity (Wildman–Crippen MR) is 116 cm³/mol. The molecule has 0 atom stereocenters. The lowest BCUT2D eigenvalue weighted by atomic mass is 9.85. The average Bonchev–Trinajstić information content (AvgIpc) is 2.67. The van der Waals surface area contributed by atoms with Crippen molar-refractivity contribution in [3.8, 4) is 5.88 Å². The van der Waals surface area contributed by atoms with Crippen molar-refractivity contribution in [2.75, 3.05) is 12.4 Å². The molecule has 0 amide bonds. The molecular formula is C20H24FN7O3. The van der Waals surface area contributed by atoms with Gasteiger partial charge in [0.25, 0.3) is 0 Å². The zero-order chi connectivity index (χ0) is 23.3. The molecule has 2 rings (SSSR count). The number of carboxylic acids is 1. The van der Waals surface area contributed by atoms with Crippen LogP contribution in [0.15, 0.2) is 46.9 Å². The smallest absolute Gasteiger partial charge is 0.313 e. The maximum absolute atomic E-state index is 14.0. The van der Waals surface area contributed by atoms with Gasteiger partial charge in [-0.3, -0.25) is 4.79 Å². The summed E-state index contributed by atoms with van der Waals surface area (Å²) in [6.45, 7) is 8.11. The molecule has 6 N–H and O–H groups in total. The van der Waals surface area contributed by atoms with E-state index in [1.165, 1.54) is 39.4 Å². The number of halogens is 1. The number of carbonyl (C=O) groups is 1. The Kier molecular flexibility index (Phi) is 6.90. The van der Waals surface area contributed by atoms with E-state index in [4.69, 9.17) is 16.2 Å². The highest BCUT2D eigenvalue weighted by Crippen LogP contribution is 2.28. The van der Waals surface area contributed by atoms with Crippen molar-refractivity contribution >= 4 is 29.1 Å². The summed E-state index contributed by atoms with van der Waals surface area (Å²) in [5.41, 5.74) is 11.3. The van der Waals surface area contributed by atoms with Crippen LogP contribution in [0.1, 0.15) is 31.9 Å². The second kappa shape index (κ2) is 9.20. The first-order valence-corrected chi connectivity index (χ1v) is 9.00. The molecule has 0 aliphatic carbocycles. The number of carboxylic acid groups (broad SMARTS) is 1. The molecule has 0 bridgehead atoms. The lowest BCUT2D eigenvalue weighted by molar-refractivity contribution is -0.142. The van der Waals surface area contributed by atoms with Crippen molar-refractivity contribution in [3.05, 3.63) is 53.9 Å². The van der Waals surface area contributed by atoms with Crippen LogP contribution >= 0.6 is 0 Å². The average molecular weight is 429 g/mol. The number of anilines is 2. The first kappa shape index (κ1) is 23.3. The topological polar surface area (TPSA) is 161 Å². The fourth-order valence-electron chi connectivity index (χ4n) is 2.47. The van der Waals surface area contributed by atoms with Gasteiger partial charge < -0.3 is 26.6 Å². The summed E-state index contributed by atoms with van der Waals surface area (Å²) in [6.07, 6.45) is 2.74. The number of amidine groups is 2. The Morgan fingerprint density at radius 1 is 1.26 bits per heavy atom. The Bertz CT molecular complexity index is 1080. The van der Waals surface area contributed by atoms with Crippen LogP contribution in [0.4, 0.5) is 15.9 Å². The molecule has 0 spiro atoms. The highest BCUT2D eigenvalue weighted by Gasteiger charge is 2.31. The number of aliphatic imine (C=N–C) groups is 2. The standard InChI is InChI=1S/C20H24FN7O3/c1-10(22)26-11(2)27-16(23)14-6-12(20(3,4)19(29)30)8-24-17(14)28-13-7-15(21)18(31-5)25-9-13/h6-9H,1,22H2,2-5H3,(H,24,28)(H,29,30)(H2,23,26,27). The van der Waals surface area contributed by atoms with E-state index in [2.05, 4.69) is 31.8 Å². The SMILES string of the molecule is C=C(N)/N=C(C)\N=C(/N)c1cc(C(C)(C)C(=O)O)cnc1Nc1cnc(OC)c(F)c1. The number of nitrogens with zero attached hydrogens (tertiary/aromatic N) is 4. The molecular weight excluding hydrogens is 405 g/mol. The van der Waals surface area contributed by atoms with Gasteiger partial charge in [-0.2, -0.15) is 0 Å². The molecule has 10 nitrogen and oxygen atoms in total. The van der Waals surface area contributed by atoms with Gasteiger partial charge in [-0.05, 0) is 32.4 Å². The predicted octanol–water partition coefficient (Wildman–Crippen LogP) is 2.28. The fraction of sp³-hybridized carbons (Fsp3) is 0.250. The molecule has 164 valence electrons. The number of nitrogens with one attached hydrogen (secondary N) is 1. The number of pyridine rings is 2. The van der Waals surface area contributed by atoms with Gasteiger partial charge >= 0.3 is 5.97 Å². The van der Waals surface area contributed by atoms with Gasteiger partial charge in [0, 0.05) is 12.3 Å². The molecule has 0 unspecified atom stereocenters. The summed E-state index contributed by atoms with van der Waals surface area (Å²) in [5, 5.41) is 12.5. The van der Waals surface area contributed by atoms with Gasteiger partial charge in [0.1, 0.15) is 23.3 Å². The van der Waals surface area contributed by atoms with E-state index in [9.17, 15) is 14.3 Å². The minimum absolute atomic E-state index is 0.0116. The monoisotopic (exact) mass is 429 g/mol. The molecule has 2 aromatic rings. The van der Waals surface area contributed by atoms with Crippen molar-refractivity contribution in [2.24, 2.45) is 21.5 Å². The third-order valence-corrected chi connectivity index (χ3v) is 4.27. The van der Waals surface area contributed by atoms with Crippen LogP contribution in [0.3, 0.4) is 0 Å². The van der Waals surface area contributed by atoms with Crippen molar-refractivity contribution in [3.63, 3.8) is 0 Å². The van der Waals surface area contributed by atoms with Gasteiger partial charge in [-0.15, -0.1) is 0 Å². The number of hydrogen-bond acceptors (Lipinski definition) is 7. The molecule has 0 saturated carbocycles. The Morgan fingerprint density at radius 2 is 1.94 bits per heavy atom. The Balaban J connectivity index is 2.59. The van der Waals surface area contributed by atoms with E-state index in [1.807, 2.05) is 0 Å². The number of nitrogens with two attached hydrogens (primary N) is 2. The van der Waals surface area contributed by atoms with Gasteiger partial charge in [-0.1, -0.05) is 6.58 Å². The van der Waals surface area contributed by atoms with Gasteiger partial charge in [0.2, 0.25) is 5.88 Å². The maximum atomic E-state index is 14.0. The molecule has 0 aromatic carbocycles. The molecule has 0 saturated heterocycles. The second-order valence-corrected chi connectivity index (χ2v) is 7.04. The number of hydrogen-bond donors (Lipinski definition) is 4. The third kappa shape index (κ3) is 5.53. The molecule has 2 heterocycles. The highest BCUT2D eigenvalue weighted by molar-refractivity contribution is 6.08. The third-order valence-electron chi connectivity index (χ3n) is 4.27. The van der Waals surface area contributed by atoms with Crippen molar-refractivity contribution < 1.29 is 19.0 Å². The number of methoxy groups -OCH3 is 1. The lowest BCUT2D eigenvalue weighted by Crippen LogP contribution is -2.29. The van der Waals surface area contributed by atoms with Gasteiger partial charge in [0.15, 0.2) is 5.82 Å². The van der Waals surface area contributed by atoms with E-state index in [0.717, 1.165) is 0 Å². The van der Waals surface area contributed by atoms with Crippen LogP contribution in [0.25, 0.3) is 0 Å². The molecule has 0 aliphatic rings. The Labute approximate surface area is 178 Å². The summed E-state index contributed by atoms with van der Waals surface area (Å²) < 4.78 is 18.8. The summed E-state index contributed by atoms with van der Waals surface area (Å²) in [6, 6.07) is 2.71. The zero-order valence-corrected chi connectivity index (χ0v) is 17.6. The number of aromatic nitrogens is 2. The number of aliphatic carboxylic acids is 1. The Morgan fingerprint density at radius 3 is 2.48 bits per heavy atom. The first-order chi connectivity index (χ1) is 14.4. The van der Waals surface area contributed by atoms with Crippen LogP contribution in [0, 0.1) is 5.82 Å². The second-order valence-electron chi connectivity index (χ2n) is 7.04. The van der Waals surface area contributed by atoms with Crippen molar-refractivity contribution in [1.82, 2.24) is 9.97 Å². The van der Waals surface area contributed by atoms with E-state index in [0.29, 0.717) is 5.56 Å². The quantitative estimate of drug-likeness (QED) is 0.385. The molecule has 0 aliphatic heterocycles. The minimum atomic E-state index is -1.25. The maximum Gasteiger partial charge on any atom is 0.313 e. The van der Waals surface area contributed by atoms with E-state index >= 15 is 0 Å². The molecule has 2 aromatic heterocycles. The number of ether oxygens (including phenoxy) is 1. The van der Waals surface area contributed by atoms with E-state index < -0.39 is 17.2 Å². The van der Waals surface area contributed by atoms with Gasteiger partial charge in [-0.25, -0.2) is 24.3 Å². The number of rotatable bonds is 7. The summed E-state index contributed by atoms with van der Waals surface area (Å²) >= 11 is 0. The van der Waals surface area contributed by atoms with Crippen molar-refractivity contribution in [1.29, 1.82) is 0 Å². The molecule has 31 heavy (non-hydrogen) atoms. The fourth-order valence-corrected chi connectivity index (χ4v) is 2.47. The van der Waals surface area contributed by atoms with Crippen LogP contribution in [0.5, 0.6) is 5.88 Å². The summed E-state index contributed by atoms with van der Waals surface area (Å²) in [5.74, 6) is -1.41. The molecule has 0 fully saturated rings. The summed E-state index contributed by atoms with van der Waals surface area (Å²) in [7, 11) is 1.30. The zero-order valence-electron chi connectivity index (χ0n) is 17.6. The molecule has 11 heteroatoms. The van der Waals surface area contributed by atoms with E-state index in [1.54, 1.807) is 13.0 Å². The van der Waals surface area contributed by atoms with Gasteiger partial charge in [0.05, 0.1) is 30.0 Å². The highest BCUT2D eigenvalue weighted by atomic mass is 19.1. The van der Waals surface area contributed by atoms with Crippen LogP contribution in [-0.2, 0) is 10.2 Å². The normalized spacial score (nSPS) is 12.4. The van der Waals surface area contributed by atoms with Crippen LogP contribution in [-0.4, -0.2) is 39.8 Å². The van der Waals surface area contributed by atoms with Crippen molar-refractivity contribution in [2.45, 2.75) is 26.2 Å². The largest absolute Gasteiger partial charge is 0.481 e. The van der Waals surface area contributed by atoms with Crippen LogP contribution < -0.4 is 21.5 Å². The summed E-state index contributed by atoms with van der Waals surface area (Å²) in [4.78, 5) is 27.9. The lowest BCUT2D eigenvalue weighted by Gasteiger charge is -2.21. The van der Waals surface area contributed by atoms with Crippen LogP contribution in [0.2, 0.25) is 0 Å². The molecule has 0 radical (unpaired) electrons. The Hall–Kier alpha value is -4.02.